The number of rotatable bonds is 6. The van der Waals surface area contributed by atoms with Gasteiger partial charge in [0.25, 0.3) is 0 Å². The summed E-state index contributed by atoms with van der Waals surface area (Å²) in [5.74, 6) is -0.765. The molecule has 94 valence electrons. The van der Waals surface area contributed by atoms with Crippen LogP contribution in [0.3, 0.4) is 0 Å². The maximum Gasteiger partial charge on any atom is 0.387 e. The van der Waals surface area contributed by atoms with E-state index in [2.05, 4.69) is 14.5 Å². The van der Waals surface area contributed by atoms with Crippen LogP contribution in [0, 0.1) is 0 Å². The highest BCUT2D eigenvalue weighted by Crippen LogP contribution is 2.12. The first kappa shape index (κ1) is 13.3. The first-order valence-electron chi connectivity index (χ1n) is 4.70. The zero-order valence-electron chi connectivity index (χ0n) is 9.06. The summed E-state index contributed by atoms with van der Waals surface area (Å²) in [7, 11) is 1.47. The molecule has 0 saturated heterocycles. The molecule has 0 bridgehead atoms. The number of hydrogen-bond acceptors (Lipinski definition) is 5. The smallest absolute Gasteiger partial charge is 0.387 e. The molecule has 0 aliphatic carbocycles. The lowest BCUT2D eigenvalue weighted by Gasteiger charge is -2.05. The van der Waals surface area contributed by atoms with Crippen molar-refractivity contribution in [1.82, 2.24) is 4.98 Å². The summed E-state index contributed by atoms with van der Waals surface area (Å²) >= 11 is 0. The number of ether oxygens (including phenoxy) is 3. The second-order valence-electron chi connectivity index (χ2n) is 2.89. The monoisotopic (exact) mass is 247 g/mol. The summed E-state index contributed by atoms with van der Waals surface area (Å²) in [5.41, 5.74) is 0.0164. The van der Waals surface area contributed by atoms with E-state index in [9.17, 15) is 13.6 Å². The van der Waals surface area contributed by atoms with E-state index in [0.29, 0.717) is 0 Å². The molecule has 0 N–H and O–H groups in total. The van der Waals surface area contributed by atoms with Gasteiger partial charge in [-0.2, -0.15) is 8.78 Å². The highest BCUT2D eigenvalue weighted by atomic mass is 19.3. The van der Waals surface area contributed by atoms with E-state index in [1.54, 1.807) is 0 Å². The van der Waals surface area contributed by atoms with E-state index >= 15 is 0 Å². The zero-order chi connectivity index (χ0) is 12.7. The van der Waals surface area contributed by atoms with Crippen LogP contribution < -0.4 is 4.74 Å². The molecule has 0 saturated carbocycles. The number of esters is 1. The predicted molar refractivity (Wildman–Crippen MR) is 53.0 cm³/mol. The van der Waals surface area contributed by atoms with Crippen LogP contribution >= 0.6 is 0 Å². The molecular formula is C10H11F2NO4. The van der Waals surface area contributed by atoms with Crippen molar-refractivity contribution in [2.75, 3.05) is 20.3 Å². The lowest BCUT2D eigenvalue weighted by atomic mass is 10.3. The molecule has 1 rings (SSSR count). The van der Waals surface area contributed by atoms with Crippen molar-refractivity contribution in [1.29, 1.82) is 0 Å². The van der Waals surface area contributed by atoms with E-state index in [0.717, 1.165) is 6.20 Å². The molecule has 7 heteroatoms. The maximum absolute atomic E-state index is 11.8. The number of halogens is 2. The molecule has 0 atom stereocenters. The van der Waals surface area contributed by atoms with Crippen molar-refractivity contribution < 1.29 is 27.8 Å². The fourth-order valence-electron chi connectivity index (χ4n) is 0.965. The van der Waals surface area contributed by atoms with Gasteiger partial charge in [-0.1, -0.05) is 0 Å². The van der Waals surface area contributed by atoms with E-state index in [1.165, 1.54) is 19.2 Å². The van der Waals surface area contributed by atoms with Crippen LogP contribution in [-0.4, -0.2) is 37.9 Å². The summed E-state index contributed by atoms with van der Waals surface area (Å²) in [5, 5.41) is 0. The Morgan fingerprint density at radius 2 is 2.18 bits per heavy atom. The van der Waals surface area contributed by atoms with Crippen LogP contribution in [0.25, 0.3) is 0 Å². The third-order valence-corrected chi connectivity index (χ3v) is 1.69. The predicted octanol–water partition coefficient (Wildman–Crippen LogP) is 1.49. The summed E-state index contributed by atoms with van der Waals surface area (Å²) in [6.45, 7) is -2.54. The minimum atomic E-state index is -2.92. The largest absolute Gasteiger partial charge is 0.459 e. The standard InChI is InChI=1S/C10H11F2NO4/c1-15-4-5-16-9(14)8-3-2-7(6-13-8)17-10(11)12/h2-3,6,10H,4-5H2,1H3. The number of hydrogen-bond donors (Lipinski definition) is 0. The van der Waals surface area contributed by atoms with E-state index in [-0.39, 0.29) is 24.7 Å². The summed E-state index contributed by atoms with van der Waals surface area (Å²) < 4.78 is 37.2. The molecule has 1 aromatic rings. The van der Waals surface area contributed by atoms with Gasteiger partial charge in [-0.05, 0) is 12.1 Å². The normalized spacial score (nSPS) is 10.4. The fourth-order valence-corrected chi connectivity index (χ4v) is 0.965. The van der Waals surface area contributed by atoms with Crippen molar-refractivity contribution in [3.8, 4) is 5.75 Å². The van der Waals surface area contributed by atoms with Crippen molar-refractivity contribution in [3.05, 3.63) is 24.0 Å². The van der Waals surface area contributed by atoms with Crippen molar-refractivity contribution in [2.45, 2.75) is 6.61 Å². The van der Waals surface area contributed by atoms with Crippen molar-refractivity contribution >= 4 is 5.97 Å². The Hall–Kier alpha value is -1.76. The van der Waals surface area contributed by atoms with Gasteiger partial charge in [0.15, 0.2) is 0 Å². The number of pyridine rings is 1. The second kappa shape index (κ2) is 6.74. The van der Waals surface area contributed by atoms with Crippen LogP contribution in [0.5, 0.6) is 5.75 Å². The quantitative estimate of drug-likeness (QED) is 0.563. The topological polar surface area (TPSA) is 57.7 Å². The van der Waals surface area contributed by atoms with Crippen LogP contribution in [0.15, 0.2) is 18.3 Å². The van der Waals surface area contributed by atoms with E-state index in [4.69, 9.17) is 4.74 Å². The molecule has 0 radical (unpaired) electrons. The van der Waals surface area contributed by atoms with E-state index in [1.807, 2.05) is 0 Å². The molecule has 17 heavy (non-hydrogen) atoms. The molecule has 0 fully saturated rings. The molecule has 0 aromatic carbocycles. The van der Waals surface area contributed by atoms with Gasteiger partial charge in [-0.3, -0.25) is 0 Å². The highest BCUT2D eigenvalue weighted by Gasteiger charge is 2.10. The van der Waals surface area contributed by atoms with Gasteiger partial charge in [-0.25, -0.2) is 9.78 Å². The second-order valence-corrected chi connectivity index (χ2v) is 2.89. The average Bonchev–Trinajstić information content (AvgIpc) is 2.29. The molecule has 0 unspecified atom stereocenters. The minimum absolute atomic E-state index is 0.0164. The molecule has 0 aliphatic heterocycles. The number of carbonyl (C=O) groups excluding carboxylic acids is 1. The first-order valence-corrected chi connectivity index (χ1v) is 4.70. The Kier molecular flexibility index (Phi) is 5.28. The molecule has 5 nitrogen and oxygen atoms in total. The maximum atomic E-state index is 11.8. The lowest BCUT2D eigenvalue weighted by Crippen LogP contribution is -2.11. The van der Waals surface area contributed by atoms with Crippen LogP contribution in [0.2, 0.25) is 0 Å². The van der Waals surface area contributed by atoms with E-state index < -0.39 is 12.6 Å². The third-order valence-electron chi connectivity index (χ3n) is 1.69. The lowest BCUT2D eigenvalue weighted by molar-refractivity contribution is -0.0500. The number of aromatic nitrogens is 1. The van der Waals surface area contributed by atoms with Gasteiger partial charge >= 0.3 is 12.6 Å². The molecule has 1 aromatic heterocycles. The number of methoxy groups -OCH3 is 1. The molecule has 0 aliphatic rings. The Morgan fingerprint density at radius 1 is 1.41 bits per heavy atom. The minimum Gasteiger partial charge on any atom is -0.459 e. The molecule has 1 heterocycles. The van der Waals surface area contributed by atoms with Gasteiger partial charge in [0, 0.05) is 7.11 Å². The van der Waals surface area contributed by atoms with Crippen LogP contribution in [0.1, 0.15) is 10.5 Å². The highest BCUT2D eigenvalue weighted by molar-refractivity contribution is 5.87. The van der Waals surface area contributed by atoms with Crippen LogP contribution in [-0.2, 0) is 9.47 Å². The SMILES string of the molecule is COCCOC(=O)c1ccc(OC(F)F)cn1. The van der Waals surface area contributed by atoms with Gasteiger partial charge in [0.05, 0.1) is 12.8 Å². The zero-order valence-corrected chi connectivity index (χ0v) is 9.06. The fraction of sp³-hybridized carbons (Fsp3) is 0.400. The number of carbonyl (C=O) groups is 1. The van der Waals surface area contributed by atoms with Gasteiger partial charge in [0.1, 0.15) is 18.1 Å². The average molecular weight is 247 g/mol. The molecule has 0 amide bonds. The Balaban J connectivity index is 2.52. The molecule has 0 spiro atoms. The number of nitrogens with zero attached hydrogens (tertiary/aromatic N) is 1. The Morgan fingerprint density at radius 3 is 2.71 bits per heavy atom. The summed E-state index contributed by atoms with van der Waals surface area (Å²) in [6, 6.07) is 2.46. The van der Waals surface area contributed by atoms with Gasteiger partial charge in [0.2, 0.25) is 0 Å². The first-order chi connectivity index (χ1) is 8.13. The van der Waals surface area contributed by atoms with Crippen molar-refractivity contribution in [3.63, 3.8) is 0 Å². The third kappa shape index (κ3) is 4.73. The Bertz CT molecular complexity index is 356. The van der Waals surface area contributed by atoms with Gasteiger partial charge in [-0.15, -0.1) is 0 Å². The van der Waals surface area contributed by atoms with Crippen LogP contribution in [0.4, 0.5) is 8.78 Å². The van der Waals surface area contributed by atoms with Gasteiger partial charge < -0.3 is 14.2 Å². The van der Waals surface area contributed by atoms with Crippen molar-refractivity contribution in [2.24, 2.45) is 0 Å². The number of alkyl halides is 2. The molecular weight excluding hydrogens is 236 g/mol. The summed E-state index contributed by atoms with van der Waals surface area (Å²) in [4.78, 5) is 15.0. The Labute approximate surface area is 96.3 Å². The summed E-state index contributed by atoms with van der Waals surface area (Å²) in [6.07, 6.45) is 1.03.